The number of aromatic nitrogens is 1. The smallest absolute Gasteiger partial charge is 0.303 e. The zero-order valence-electron chi connectivity index (χ0n) is 13.4. The molecule has 0 bridgehead atoms. The summed E-state index contributed by atoms with van der Waals surface area (Å²) >= 11 is 0. The maximum atomic E-state index is 12.4. The van der Waals surface area contributed by atoms with Crippen LogP contribution in [0.1, 0.15) is 28.8 Å². The highest BCUT2D eigenvalue weighted by Gasteiger charge is 2.16. The Kier molecular flexibility index (Phi) is 6.31. The molecule has 1 aromatic heterocycles. The Labute approximate surface area is 140 Å². The van der Waals surface area contributed by atoms with Crippen molar-refractivity contribution in [3.05, 3.63) is 59.8 Å². The van der Waals surface area contributed by atoms with E-state index in [2.05, 4.69) is 10.3 Å². The lowest BCUT2D eigenvalue weighted by Gasteiger charge is -2.18. The average molecular weight is 328 g/mol. The second kappa shape index (κ2) is 8.67. The van der Waals surface area contributed by atoms with Crippen LogP contribution in [0.25, 0.3) is 0 Å². The predicted octanol–water partition coefficient (Wildman–Crippen LogP) is 2.30. The fraction of sp³-hybridized carbons (Fsp3) is 0.278. The third kappa shape index (κ3) is 5.39. The van der Waals surface area contributed by atoms with E-state index in [-0.39, 0.29) is 18.4 Å². The number of ether oxygens (including phenoxy) is 1. The van der Waals surface area contributed by atoms with Gasteiger partial charge in [0.1, 0.15) is 0 Å². The Morgan fingerprint density at radius 1 is 1.21 bits per heavy atom. The highest BCUT2D eigenvalue weighted by atomic mass is 16.5. The number of carbonyl (C=O) groups excluding carboxylic acids is 1. The molecule has 0 aliphatic rings. The van der Waals surface area contributed by atoms with Crippen LogP contribution in [0.5, 0.6) is 5.88 Å². The van der Waals surface area contributed by atoms with E-state index < -0.39 is 5.97 Å². The van der Waals surface area contributed by atoms with E-state index in [1.165, 1.54) is 13.3 Å². The second-order valence-electron chi connectivity index (χ2n) is 5.38. The summed E-state index contributed by atoms with van der Waals surface area (Å²) in [5.74, 6) is -0.733. The van der Waals surface area contributed by atoms with Gasteiger partial charge in [0.15, 0.2) is 0 Å². The lowest BCUT2D eigenvalue weighted by atomic mass is 10.0. The summed E-state index contributed by atoms with van der Waals surface area (Å²) in [7, 11) is 1.50. The van der Waals surface area contributed by atoms with Crippen molar-refractivity contribution >= 4 is 11.9 Å². The number of hydrogen-bond acceptors (Lipinski definition) is 4. The van der Waals surface area contributed by atoms with Crippen molar-refractivity contribution in [2.75, 3.05) is 7.11 Å². The number of amides is 1. The number of carboxylic acids is 1. The fourth-order valence-electron chi connectivity index (χ4n) is 2.33. The molecule has 0 aliphatic heterocycles. The molecule has 1 atom stereocenters. The molecule has 2 N–H and O–H groups in total. The highest BCUT2D eigenvalue weighted by Crippen LogP contribution is 2.11. The zero-order valence-corrected chi connectivity index (χ0v) is 13.4. The van der Waals surface area contributed by atoms with E-state index in [0.29, 0.717) is 24.3 Å². The number of rotatable bonds is 8. The topological polar surface area (TPSA) is 88.5 Å². The molecule has 1 amide bonds. The maximum Gasteiger partial charge on any atom is 0.303 e. The van der Waals surface area contributed by atoms with Gasteiger partial charge in [-0.15, -0.1) is 0 Å². The number of methoxy groups -OCH3 is 1. The average Bonchev–Trinajstić information content (AvgIpc) is 2.60. The molecule has 1 unspecified atom stereocenters. The SMILES string of the molecule is COc1ccc(C(=O)NC(CCC(=O)O)Cc2ccccc2)cn1. The number of carbonyl (C=O) groups is 2. The largest absolute Gasteiger partial charge is 0.481 e. The Bertz CT molecular complexity index is 671. The van der Waals surface area contributed by atoms with Crippen LogP contribution in [0, 0.1) is 0 Å². The monoisotopic (exact) mass is 328 g/mol. The van der Waals surface area contributed by atoms with E-state index in [0.717, 1.165) is 5.56 Å². The lowest BCUT2D eigenvalue weighted by Crippen LogP contribution is -2.37. The third-order valence-corrected chi connectivity index (χ3v) is 3.57. The highest BCUT2D eigenvalue weighted by molar-refractivity contribution is 5.94. The van der Waals surface area contributed by atoms with E-state index in [9.17, 15) is 9.59 Å². The molecule has 0 fully saturated rings. The van der Waals surface area contributed by atoms with Gasteiger partial charge in [0.05, 0.1) is 12.7 Å². The van der Waals surface area contributed by atoms with E-state index in [1.807, 2.05) is 30.3 Å². The molecule has 2 rings (SSSR count). The number of nitrogens with one attached hydrogen (secondary N) is 1. The number of aliphatic carboxylic acids is 1. The molecule has 0 radical (unpaired) electrons. The molecular formula is C18H20N2O4. The molecule has 1 aromatic carbocycles. The fourth-order valence-corrected chi connectivity index (χ4v) is 2.33. The van der Waals surface area contributed by atoms with Crippen molar-refractivity contribution in [3.63, 3.8) is 0 Å². The van der Waals surface area contributed by atoms with Crippen LogP contribution < -0.4 is 10.1 Å². The van der Waals surface area contributed by atoms with Gasteiger partial charge in [-0.3, -0.25) is 9.59 Å². The number of nitrogens with zero attached hydrogens (tertiary/aromatic N) is 1. The van der Waals surface area contributed by atoms with Gasteiger partial charge in [0, 0.05) is 24.7 Å². The molecule has 126 valence electrons. The standard InChI is InChI=1S/C18H20N2O4/c1-24-16-9-7-14(12-19-16)18(23)20-15(8-10-17(21)22)11-13-5-3-2-4-6-13/h2-7,9,12,15H,8,10-11H2,1H3,(H,20,23)(H,21,22). The molecule has 6 heteroatoms. The first-order chi connectivity index (χ1) is 11.6. The van der Waals surface area contributed by atoms with Gasteiger partial charge in [-0.2, -0.15) is 0 Å². The Balaban J connectivity index is 2.04. The van der Waals surface area contributed by atoms with Crippen molar-refractivity contribution in [3.8, 4) is 5.88 Å². The molecule has 6 nitrogen and oxygen atoms in total. The Morgan fingerprint density at radius 3 is 2.54 bits per heavy atom. The first-order valence-corrected chi connectivity index (χ1v) is 7.65. The molecule has 24 heavy (non-hydrogen) atoms. The van der Waals surface area contributed by atoms with Crippen molar-refractivity contribution in [2.24, 2.45) is 0 Å². The van der Waals surface area contributed by atoms with Crippen molar-refractivity contribution in [1.82, 2.24) is 10.3 Å². The summed E-state index contributed by atoms with van der Waals surface area (Å²) in [6.07, 6.45) is 2.37. The van der Waals surface area contributed by atoms with Crippen molar-refractivity contribution < 1.29 is 19.4 Å². The quantitative estimate of drug-likeness (QED) is 0.776. The molecular weight excluding hydrogens is 308 g/mol. The molecule has 0 aliphatic carbocycles. The first-order valence-electron chi connectivity index (χ1n) is 7.65. The van der Waals surface area contributed by atoms with Gasteiger partial charge in [0.2, 0.25) is 5.88 Å². The molecule has 0 spiro atoms. The van der Waals surface area contributed by atoms with Gasteiger partial charge >= 0.3 is 5.97 Å². The normalized spacial score (nSPS) is 11.5. The summed E-state index contributed by atoms with van der Waals surface area (Å²) < 4.78 is 4.97. The summed E-state index contributed by atoms with van der Waals surface area (Å²) in [6.45, 7) is 0. The minimum absolute atomic E-state index is 0.00135. The maximum absolute atomic E-state index is 12.4. The van der Waals surface area contributed by atoms with Crippen LogP contribution in [0.15, 0.2) is 48.7 Å². The van der Waals surface area contributed by atoms with Crippen molar-refractivity contribution in [2.45, 2.75) is 25.3 Å². The molecule has 1 heterocycles. The van der Waals surface area contributed by atoms with Crippen LogP contribution >= 0.6 is 0 Å². The second-order valence-corrected chi connectivity index (χ2v) is 5.38. The molecule has 0 saturated heterocycles. The number of benzene rings is 1. The minimum Gasteiger partial charge on any atom is -0.481 e. The third-order valence-electron chi connectivity index (χ3n) is 3.57. The zero-order chi connectivity index (χ0) is 17.4. The number of hydrogen-bond donors (Lipinski definition) is 2. The predicted molar refractivity (Wildman–Crippen MR) is 89.1 cm³/mol. The first kappa shape index (κ1) is 17.5. The van der Waals surface area contributed by atoms with Gasteiger partial charge in [-0.05, 0) is 24.5 Å². The van der Waals surface area contributed by atoms with Gasteiger partial charge in [0.25, 0.3) is 5.91 Å². The summed E-state index contributed by atoms with van der Waals surface area (Å²) in [5, 5.41) is 11.8. The number of pyridine rings is 1. The van der Waals surface area contributed by atoms with Crippen LogP contribution in [-0.2, 0) is 11.2 Å². The summed E-state index contributed by atoms with van der Waals surface area (Å²) in [4.78, 5) is 27.2. The van der Waals surface area contributed by atoms with Gasteiger partial charge < -0.3 is 15.2 Å². The van der Waals surface area contributed by atoms with Crippen LogP contribution in [0.2, 0.25) is 0 Å². The van der Waals surface area contributed by atoms with Crippen LogP contribution in [-0.4, -0.2) is 35.1 Å². The van der Waals surface area contributed by atoms with E-state index in [4.69, 9.17) is 9.84 Å². The number of carboxylic acid groups (broad SMARTS) is 1. The Morgan fingerprint density at radius 2 is 1.96 bits per heavy atom. The minimum atomic E-state index is -0.881. The van der Waals surface area contributed by atoms with Gasteiger partial charge in [-0.1, -0.05) is 30.3 Å². The Hall–Kier alpha value is -2.89. The van der Waals surface area contributed by atoms with Gasteiger partial charge in [-0.25, -0.2) is 4.98 Å². The van der Waals surface area contributed by atoms with Crippen LogP contribution in [0.3, 0.4) is 0 Å². The van der Waals surface area contributed by atoms with E-state index in [1.54, 1.807) is 12.1 Å². The van der Waals surface area contributed by atoms with Crippen LogP contribution in [0.4, 0.5) is 0 Å². The lowest BCUT2D eigenvalue weighted by molar-refractivity contribution is -0.137. The molecule has 0 saturated carbocycles. The summed E-state index contributed by atoms with van der Waals surface area (Å²) in [6, 6.07) is 12.6. The molecule has 2 aromatic rings. The van der Waals surface area contributed by atoms with Crippen molar-refractivity contribution in [1.29, 1.82) is 0 Å². The summed E-state index contributed by atoms with van der Waals surface area (Å²) in [5.41, 5.74) is 1.45. The van der Waals surface area contributed by atoms with E-state index >= 15 is 0 Å².